The first-order valence-electron chi connectivity index (χ1n) is 6.33. The van der Waals surface area contributed by atoms with Crippen LogP contribution < -0.4 is 11.1 Å². The van der Waals surface area contributed by atoms with Crippen molar-refractivity contribution >= 4 is 17.2 Å². The molecule has 18 heavy (non-hydrogen) atoms. The lowest BCUT2D eigenvalue weighted by molar-refractivity contribution is 0.765. The Morgan fingerprint density at radius 2 is 2.06 bits per heavy atom. The van der Waals surface area contributed by atoms with E-state index in [4.69, 9.17) is 5.73 Å². The summed E-state index contributed by atoms with van der Waals surface area (Å²) in [4.78, 5) is 0. The van der Waals surface area contributed by atoms with Crippen LogP contribution in [0, 0.1) is 6.92 Å². The van der Waals surface area contributed by atoms with Crippen LogP contribution in [0.15, 0.2) is 18.2 Å². The van der Waals surface area contributed by atoms with E-state index in [2.05, 4.69) is 28.6 Å². The van der Waals surface area contributed by atoms with Gasteiger partial charge in [0.25, 0.3) is 0 Å². The Bertz CT molecular complexity index is 598. The molecule has 0 saturated heterocycles. The normalized spacial score (nSPS) is 13.7. The lowest BCUT2D eigenvalue weighted by atomic mass is 10.1. The van der Waals surface area contributed by atoms with Crippen LogP contribution in [0.5, 0.6) is 0 Å². The topological polar surface area (TPSA) is 55.9 Å². The summed E-state index contributed by atoms with van der Waals surface area (Å²) in [5.41, 5.74) is 11.6. The Balaban J connectivity index is 1.93. The molecule has 0 unspecified atom stereocenters. The summed E-state index contributed by atoms with van der Waals surface area (Å²) < 4.78 is 1.79. The van der Waals surface area contributed by atoms with Crippen molar-refractivity contribution in [2.45, 2.75) is 26.2 Å². The molecule has 0 fully saturated rings. The Kier molecular flexibility index (Phi) is 2.51. The minimum Gasteiger partial charge on any atom is -0.394 e. The molecule has 3 N–H and O–H groups in total. The predicted molar refractivity (Wildman–Crippen MR) is 74.1 cm³/mol. The molecular formula is C14H18N4. The fourth-order valence-electron chi connectivity index (χ4n) is 2.61. The average Bonchev–Trinajstić information content (AvgIpc) is 2.89. The van der Waals surface area contributed by atoms with Crippen molar-refractivity contribution in [3.05, 3.63) is 35.0 Å². The third-order valence-electron chi connectivity index (χ3n) is 3.63. The molecule has 1 aromatic carbocycles. The van der Waals surface area contributed by atoms with Crippen LogP contribution >= 0.6 is 0 Å². The number of hydrogen-bond acceptors (Lipinski definition) is 3. The van der Waals surface area contributed by atoms with E-state index in [-0.39, 0.29) is 0 Å². The van der Waals surface area contributed by atoms with Crippen molar-refractivity contribution in [1.29, 1.82) is 0 Å². The highest BCUT2D eigenvalue weighted by Crippen LogP contribution is 2.29. The van der Waals surface area contributed by atoms with E-state index >= 15 is 0 Å². The summed E-state index contributed by atoms with van der Waals surface area (Å²) in [6, 6.07) is 6.56. The number of nitrogens with one attached hydrogen (secondary N) is 1. The number of nitrogen functional groups attached to an aromatic ring is 1. The molecule has 4 heteroatoms. The highest BCUT2D eigenvalue weighted by Gasteiger charge is 2.13. The molecule has 0 aliphatic heterocycles. The molecule has 0 amide bonds. The van der Waals surface area contributed by atoms with Gasteiger partial charge >= 0.3 is 0 Å². The van der Waals surface area contributed by atoms with Crippen LogP contribution in [0.25, 0.3) is 0 Å². The molecule has 0 atom stereocenters. The van der Waals surface area contributed by atoms with Crippen LogP contribution in [0.1, 0.15) is 23.2 Å². The van der Waals surface area contributed by atoms with Crippen LogP contribution in [-0.2, 0) is 19.9 Å². The molecule has 94 valence electrons. The molecule has 1 aliphatic rings. The number of nitrogens with zero attached hydrogens (tertiary/aromatic N) is 2. The van der Waals surface area contributed by atoms with E-state index in [0.717, 1.165) is 22.9 Å². The van der Waals surface area contributed by atoms with Crippen LogP contribution in [-0.4, -0.2) is 9.78 Å². The summed E-state index contributed by atoms with van der Waals surface area (Å²) in [5, 5.41) is 7.67. The second-order valence-corrected chi connectivity index (χ2v) is 4.93. The number of aromatic nitrogens is 2. The molecule has 0 saturated carbocycles. The van der Waals surface area contributed by atoms with E-state index in [1.165, 1.54) is 30.4 Å². The maximum Gasteiger partial charge on any atom is 0.152 e. The largest absolute Gasteiger partial charge is 0.394 e. The number of hydrogen-bond donors (Lipinski definition) is 2. The van der Waals surface area contributed by atoms with Gasteiger partial charge in [-0.1, -0.05) is 6.07 Å². The Labute approximate surface area is 107 Å². The summed E-state index contributed by atoms with van der Waals surface area (Å²) in [7, 11) is 1.90. The maximum absolute atomic E-state index is 6.02. The van der Waals surface area contributed by atoms with E-state index < -0.39 is 0 Å². The van der Waals surface area contributed by atoms with E-state index in [0.29, 0.717) is 0 Å². The van der Waals surface area contributed by atoms with Crippen LogP contribution in [0.4, 0.5) is 17.2 Å². The zero-order chi connectivity index (χ0) is 12.7. The Morgan fingerprint density at radius 3 is 2.78 bits per heavy atom. The van der Waals surface area contributed by atoms with Crippen molar-refractivity contribution in [3.8, 4) is 0 Å². The third kappa shape index (κ3) is 1.74. The molecule has 0 radical (unpaired) electrons. The summed E-state index contributed by atoms with van der Waals surface area (Å²) in [6.07, 6.45) is 3.67. The summed E-state index contributed by atoms with van der Waals surface area (Å²) >= 11 is 0. The highest BCUT2D eigenvalue weighted by atomic mass is 15.3. The van der Waals surface area contributed by atoms with Crippen molar-refractivity contribution in [3.63, 3.8) is 0 Å². The van der Waals surface area contributed by atoms with Gasteiger partial charge < -0.3 is 11.1 Å². The predicted octanol–water partition coefficient (Wildman–Crippen LogP) is 2.54. The minimum absolute atomic E-state index is 0.720. The molecule has 3 rings (SSSR count). The lowest BCUT2D eigenvalue weighted by Crippen LogP contribution is -2.01. The van der Waals surface area contributed by atoms with Crippen molar-refractivity contribution in [2.24, 2.45) is 7.05 Å². The fourth-order valence-corrected chi connectivity index (χ4v) is 2.61. The highest BCUT2D eigenvalue weighted by molar-refractivity contribution is 5.71. The summed E-state index contributed by atoms with van der Waals surface area (Å²) in [6.45, 7) is 1.92. The van der Waals surface area contributed by atoms with Crippen LogP contribution in [0.2, 0.25) is 0 Å². The molecule has 2 aromatic rings. The van der Waals surface area contributed by atoms with Gasteiger partial charge in [0, 0.05) is 12.7 Å². The first kappa shape index (κ1) is 11.1. The van der Waals surface area contributed by atoms with Crippen molar-refractivity contribution in [2.75, 3.05) is 11.1 Å². The number of benzene rings is 1. The number of rotatable bonds is 2. The van der Waals surface area contributed by atoms with Gasteiger partial charge in [-0.3, -0.25) is 4.68 Å². The quantitative estimate of drug-likeness (QED) is 0.851. The number of aryl methyl sites for hydroxylation is 4. The molecule has 1 aliphatic carbocycles. The number of nitrogens with two attached hydrogens (primary N) is 1. The first-order chi connectivity index (χ1) is 8.65. The monoisotopic (exact) mass is 242 g/mol. The fraction of sp³-hybridized carbons (Fsp3) is 0.357. The Morgan fingerprint density at radius 1 is 1.28 bits per heavy atom. The second-order valence-electron chi connectivity index (χ2n) is 4.93. The van der Waals surface area contributed by atoms with Gasteiger partial charge in [0.05, 0.1) is 11.4 Å². The van der Waals surface area contributed by atoms with Gasteiger partial charge in [0.15, 0.2) is 5.82 Å². The first-order valence-corrected chi connectivity index (χ1v) is 6.33. The van der Waals surface area contributed by atoms with Gasteiger partial charge in [0.2, 0.25) is 0 Å². The standard InChI is InChI=1S/C14H18N4/c1-9-13(15)14(18(2)17-9)16-12-7-6-10-4-3-5-11(10)8-12/h6-8,16H,3-5,15H2,1-2H3. The second kappa shape index (κ2) is 4.05. The molecule has 0 bridgehead atoms. The molecule has 1 aromatic heterocycles. The van der Waals surface area contributed by atoms with Crippen LogP contribution in [0.3, 0.4) is 0 Å². The molecule has 0 spiro atoms. The van der Waals surface area contributed by atoms with Gasteiger partial charge in [-0.2, -0.15) is 5.10 Å². The van der Waals surface area contributed by atoms with E-state index in [9.17, 15) is 0 Å². The average molecular weight is 242 g/mol. The Hall–Kier alpha value is -1.97. The van der Waals surface area contributed by atoms with E-state index in [1.807, 2.05) is 14.0 Å². The lowest BCUT2D eigenvalue weighted by Gasteiger charge is -2.09. The summed E-state index contributed by atoms with van der Waals surface area (Å²) in [5.74, 6) is 0.866. The van der Waals surface area contributed by atoms with Gasteiger partial charge in [-0.05, 0) is 49.4 Å². The zero-order valence-corrected chi connectivity index (χ0v) is 10.8. The zero-order valence-electron chi connectivity index (χ0n) is 10.8. The number of fused-ring (bicyclic) bond motifs is 1. The van der Waals surface area contributed by atoms with Crippen molar-refractivity contribution < 1.29 is 0 Å². The maximum atomic E-state index is 6.02. The molecular weight excluding hydrogens is 224 g/mol. The smallest absolute Gasteiger partial charge is 0.152 e. The van der Waals surface area contributed by atoms with Gasteiger partial charge in [-0.15, -0.1) is 0 Å². The SMILES string of the molecule is Cc1nn(C)c(Nc2ccc3c(c2)CCC3)c1N. The number of anilines is 3. The van der Waals surface area contributed by atoms with E-state index in [1.54, 1.807) is 4.68 Å². The molecule has 1 heterocycles. The third-order valence-corrected chi connectivity index (χ3v) is 3.63. The van der Waals surface area contributed by atoms with Gasteiger partial charge in [0.1, 0.15) is 0 Å². The molecule has 4 nitrogen and oxygen atoms in total. The minimum atomic E-state index is 0.720. The van der Waals surface area contributed by atoms with Gasteiger partial charge in [-0.25, -0.2) is 0 Å². The van der Waals surface area contributed by atoms with Crippen molar-refractivity contribution in [1.82, 2.24) is 9.78 Å².